The van der Waals surface area contributed by atoms with Crippen LogP contribution < -0.4 is 0 Å². The van der Waals surface area contributed by atoms with E-state index in [4.69, 9.17) is 40.1 Å². The molecule has 1 heterocycles. The highest BCUT2D eigenvalue weighted by Gasteiger charge is 2.08. The summed E-state index contributed by atoms with van der Waals surface area (Å²) in [5.41, 5.74) is 1.81. The average Bonchev–Trinajstić information content (AvgIpc) is 2.30. The van der Waals surface area contributed by atoms with Crippen molar-refractivity contribution in [2.45, 2.75) is 0 Å². The summed E-state index contributed by atoms with van der Waals surface area (Å²) in [6.45, 7) is 0. The molecule has 0 N–H and O–H groups in total. The van der Waals surface area contributed by atoms with Crippen molar-refractivity contribution in [1.29, 1.82) is 5.26 Å². The van der Waals surface area contributed by atoms with Gasteiger partial charge in [0.2, 0.25) is 0 Å². The zero-order chi connectivity index (χ0) is 12.4. The highest BCUT2D eigenvalue weighted by atomic mass is 35.5. The predicted molar refractivity (Wildman–Crippen MR) is 69.4 cm³/mol. The van der Waals surface area contributed by atoms with Gasteiger partial charge in [-0.3, -0.25) is 0 Å². The Morgan fingerprint density at radius 2 is 1.88 bits per heavy atom. The van der Waals surface area contributed by atoms with Crippen LogP contribution in [0.3, 0.4) is 0 Å². The highest BCUT2D eigenvalue weighted by molar-refractivity contribution is 6.36. The Labute approximate surface area is 113 Å². The van der Waals surface area contributed by atoms with Crippen LogP contribution in [0.25, 0.3) is 11.1 Å². The van der Waals surface area contributed by atoms with E-state index in [1.165, 1.54) is 0 Å². The molecule has 2 nitrogen and oxygen atoms in total. The first-order valence-corrected chi connectivity index (χ1v) is 5.76. The number of benzene rings is 1. The van der Waals surface area contributed by atoms with Crippen LogP contribution in [0.15, 0.2) is 30.5 Å². The second kappa shape index (κ2) is 4.93. The van der Waals surface area contributed by atoms with Gasteiger partial charge in [0.05, 0.1) is 5.56 Å². The highest BCUT2D eigenvalue weighted by Crippen LogP contribution is 2.31. The number of rotatable bonds is 1. The molecule has 2 rings (SSSR count). The van der Waals surface area contributed by atoms with Gasteiger partial charge < -0.3 is 0 Å². The van der Waals surface area contributed by atoms with Gasteiger partial charge in [0.15, 0.2) is 0 Å². The second-order valence-electron chi connectivity index (χ2n) is 3.30. The van der Waals surface area contributed by atoms with Crippen LogP contribution in [0.5, 0.6) is 0 Å². The van der Waals surface area contributed by atoms with Gasteiger partial charge in [-0.25, -0.2) is 4.98 Å². The van der Waals surface area contributed by atoms with Crippen LogP contribution >= 0.6 is 34.8 Å². The molecule has 1 aromatic heterocycles. The van der Waals surface area contributed by atoms with Crippen molar-refractivity contribution in [3.8, 4) is 17.2 Å². The fourth-order valence-electron chi connectivity index (χ4n) is 1.40. The minimum atomic E-state index is 0.182. The first-order valence-electron chi connectivity index (χ1n) is 4.63. The van der Waals surface area contributed by atoms with Gasteiger partial charge in [0.25, 0.3) is 0 Å². The molecule has 0 saturated carbocycles. The van der Waals surface area contributed by atoms with Crippen LogP contribution in [0.1, 0.15) is 5.56 Å². The number of pyridine rings is 1. The number of hydrogen-bond acceptors (Lipinski definition) is 2. The van der Waals surface area contributed by atoms with Gasteiger partial charge in [0.1, 0.15) is 11.2 Å². The van der Waals surface area contributed by atoms with Gasteiger partial charge in [-0.15, -0.1) is 0 Å². The van der Waals surface area contributed by atoms with Crippen molar-refractivity contribution < 1.29 is 0 Å². The molecular formula is C12H5Cl3N2. The lowest BCUT2D eigenvalue weighted by Crippen LogP contribution is -1.86. The summed E-state index contributed by atoms with van der Waals surface area (Å²) in [7, 11) is 0. The average molecular weight is 284 g/mol. The van der Waals surface area contributed by atoms with Gasteiger partial charge in [-0.05, 0) is 18.2 Å². The molecular weight excluding hydrogens is 279 g/mol. The Hall–Kier alpha value is -1.27. The Balaban J connectivity index is 2.58. The lowest BCUT2D eigenvalue weighted by Gasteiger charge is -2.05. The van der Waals surface area contributed by atoms with E-state index in [2.05, 4.69) is 4.98 Å². The number of halogens is 3. The molecule has 2 aromatic rings. The first kappa shape index (κ1) is 12.2. The van der Waals surface area contributed by atoms with Crippen molar-refractivity contribution in [1.82, 2.24) is 4.98 Å². The standard InChI is InChI=1S/C12H5Cl3N2/c13-9-1-2-10(11(14)4-9)8-3-7(5-16)12(15)17-6-8/h1-4,6H. The SMILES string of the molecule is N#Cc1cc(-c2ccc(Cl)cc2Cl)cnc1Cl. The molecule has 0 fully saturated rings. The molecule has 0 amide bonds. The number of aromatic nitrogens is 1. The maximum Gasteiger partial charge on any atom is 0.146 e. The Bertz CT molecular complexity index is 618. The molecule has 0 radical (unpaired) electrons. The summed E-state index contributed by atoms with van der Waals surface area (Å²) in [6, 6.07) is 8.75. The number of nitrogens with zero attached hydrogens (tertiary/aromatic N) is 2. The van der Waals surface area contributed by atoms with Crippen LogP contribution in [-0.2, 0) is 0 Å². The topological polar surface area (TPSA) is 36.7 Å². The maximum atomic E-state index is 8.87. The molecule has 0 unspecified atom stereocenters. The zero-order valence-electron chi connectivity index (χ0n) is 8.42. The molecule has 0 aliphatic carbocycles. The molecule has 0 saturated heterocycles. The predicted octanol–water partition coefficient (Wildman–Crippen LogP) is 4.58. The molecule has 84 valence electrons. The third-order valence-electron chi connectivity index (χ3n) is 2.20. The Morgan fingerprint density at radius 1 is 1.12 bits per heavy atom. The minimum Gasteiger partial charge on any atom is -0.243 e. The Morgan fingerprint density at radius 3 is 2.53 bits per heavy atom. The first-order chi connectivity index (χ1) is 8.11. The van der Waals surface area contributed by atoms with E-state index in [1.54, 1.807) is 30.5 Å². The third-order valence-corrected chi connectivity index (χ3v) is 3.05. The fourth-order valence-corrected chi connectivity index (χ4v) is 2.06. The van der Waals surface area contributed by atoms with Crippen LogP contribution in [-0.4, -0.2) is 4.98 Å². The van der Waals surface area contributed by atoms with Gasteiger partial charge in [0, 0.05) is 27.4 Å². The molecule has 0 spiro atoms. The van der Waals surface area contributed by atoms with E-state index < -0.39 is 0 Å². The molecule has 17 heavy (non-hydrogen) atoms. The molecule has 0 bridgehead atoms. The van der Waals surface area contributed by atoms with Gasteiger partial charge >= 0.3 is 0 Å². The summed E-state index contributed by atoms with van der Waals surface area (Å²) in [4.78, 5) is 3.94. The largest absolute Gasteiger partial charge is 0.243 e. The van der Waals surface area contributed by atoms with Crippen LogP contribution in [0, 0.1) is 11.3 Å². The van der Waals surface area contributed by atoms with Crippen molar-refractivity contribution in [2.24, 2.45) is 0 Å². The van der Waals surface area contributed by atoms with Crippen LogP contribution in [0.4, 0.5) is 0 Å². The summed E-state index contributed by atoms with van der Waals surface area (Å²) in [6.07, 6.45) is 1.57. The zero-order valence-corrected chi connectivity index (χ0v) is 10.7. The number of nitriles is 1. The Kier molecular flexibility index (Phi) is 3.54. The second-order valence-corrected chi connectivity index (χ2v) is 4.50. The molecule has 0 aliphatic rings. The lowest BCUT2D eigenvalue weighted by molar-refractivity contribution is 1.30. The molecule has 5 heteroatoms. The lowest BCUT2D eigenvalue weighted by atomic mass is 10.1. The van der Waals surface area contributed by atoms with Crippen molar-refractivity contribution in [3.05, 3.63) is 51.2 Å². The van der Waals surface area contributed by atoms with E-state index in [0.29, 0.717) is 15.6 Å². The molecule has 0 aliphatic heterocycles. The van der Waals surface area contributed by atoms with E-state index >= 15 is 0 Å². The normalized spacial score (nSPS) is 10.0. The summed E-state index contributed by atoms with van der Waals surface area (Å²) >= 11 is 17.6. The smallest absolute Gasteiger partial charge is 0.146 e. The van der Waals surface area contributed by atoms with E-state index in [0.717, 1.165) is 11.1 Å². The van der Waals surface area contributed by atoms with Crippen molar-refractivity contribution in [3.63, 3.8) is 0 Å². The van der Waals surface area contributed by atoms with E-state index in [-0.39, 0.29) is 5.15 Å². The number of hydrogen-bond donors (Lipinski definition) is 0. The monoisotopic (exact) mass is 282 g/mol. The quantitative estimate of drug-likeness (QED) is 0.718. The molecule has 0 atom stereocenters. The third kappa shape index (κ3) is 2.53. The fraction of sp³-hybridized carbons (Fsp3) is 0. The van der Waals surface area contributed by atoms with Crippen LogP contribution in [0.2, 0.25) is 15.2 Å². The minimum absolute atomic E-state index is 0.182. The van der Waals surface area contributed by atoms with Gasteiger partial charge in [-0.2, -0.15) is 5.26 Å². The maximum absolute atomic E-state index is 8.87. The summed E-state index contributed by atoms with van der Waals surface area (Å²) in [5, 5.41) is 10.1. The van der Waals surface area contributed by atoms with Gasteiger partial charge in [-0.1, -0.05) is 40.9 Å². The molecule has 1 aromatic carbocycles. The van der Waals surface area contributed by atoms with E-state index in [9.17, 15) is 0 Å². The summed E-state index contributed by atoms with van der Waals surface area (Å²) in [5.74, 6) is 0. The van der Waals surface area contributed by atoms with Crippen molar-refractivity contribution >= 4 is 34.8 Å². The van der Waals surface area contributed by atoms with E-state index in [1.807, 2.05) is 6.07 Å². The summed E-state index contributed by atoms with van der Waals surface area (Å²) < 4.78 is 0. The van der Waals surface area contributed by atoms with Crippen molar-refractivity contribution in [2.75, 3.05) is 0 Å².